The molecule has 0 saturated heterocycles. The van der Waals surface area contributed by atoms with Gasteiger partial charge in [0.15, 0.2) is 0 Å². The number of ether oxygens (including phenoxy) is 1. The number of rotatable bonds is 9. The lowest BCUT2D eigenvalue weighted by Crippen LogP contribution is -2.24. The molecule has 0 radical (unpaired) electrons. The van der Waals surface area contributed by atoms with Crippen LogP contribution in [0.25, 0.3) is 0 Å². The Morgan fingerprint density at radius 3 is 2.38 bits per heavy atom. The fourth-order valence-corrected chi connectivity index (χ4v) is 1.29. The van der Waals surface area contributed by atoms with Gasteiger partial charge in [0.25, 0.3) is 0 Å². The smallest absolute Gasteiger partial charge is 0.445 e. The first-order valence-electron chi connectivity index (χ1n) is 5.87. The lowest BCUT2D eigenvalue weighted by Gasteiger charge is -2.20. The van der Waals surface area contributed by atoms with E-state index in [-0.39, 0.29) is 6.10 Å². The van der Waals surface area contributed by atoms with Crippen molar-refractivity contribution in [3.8, 4) is 0 Å². The van der Waals surface area contributed by atoms with Crippen LogP contribution in [-0.2, 0) is 4.74 Å². The monoisotopic (exact) mass is 237 g/mol. The summed E-state index contributed by atoms with van der Waals surface area (Å²) in [5.74, 6) is 0. The van der Waals surface area contributed by atoms with E-state index in [1.54, 1.807) is 0 Å². The molecule has 0 aliphatic rings. The average Bonchev–Trinajstić information content (AvgIpc) is 2.19. The maximum Gasteiger partial charge on any atom is 0.507 e. The summed E-state index contributed by atoms with van der Waals surface area (Å²) in [5.41, 5.74) is -0.750. The molecule has 1 nitrogen and oxygen atoms in total. The Morgan fingerprint density at radius 1 is 1.25 bits per heavy atom. The van der Waals surface area contributed by atoms with Gasteiger partial charge < -0.3 is 17.7 Å². The molecule has 5 heteroatoms. The fraction of sp³-hybridized carbons (Fsp3) is 0.818. The van der Waals surface area contributed by atoms with Crippen molar-refractivity contribution in [2.45, 2.75) is 52.1 Å². The Balaban J connectivity index is 3.57. The van der Waals surface area contributed by atoms with E-state index >= 15 is 0 Å². The van der Waals surface area contributed by atoms with Gasteiger partial charge in [-0.15, -0.1) is 12.1 Å². The molecule has 16 heavy (non-hydrogen) atoms. The molecule has 0 bridgehead atoms. The second-order valence-electron chi connectivity index (χ2n) is 4.20. The van der Waals surface area contributed by atoms with E-state index in [9.17, 15) is 12.9 Å². The van der Waals surface area contributed by atoms with E-state index in [1.165, 1.54) is 6.42 Å². The van der Waals surface area contributed by atoms with Crippen molar-refractivity contribution in [1.82, 2.24) is 0 Å². The van der Waals surface area contributed by atoms with Crippen LogP contribution in [0.1, 0.15) is 46.0 Å². The number of halogens is 3. The molecule has 0 aromatic heterocycles. The van der Waals surface area contributed by atoms with Crippen LogP contribution in [-0.4, -0.2) is 19.7 Å². The zero-order valence-corrected chi connectivity index (χ0v) is 10.1. The van der Waals surface area contributed by atoms with Crippen LogP contribution in [0.15, 0.2) is 12.1 Å². The first-order valence-corrected chi connectivity index (χ1v) is 5.87. The molecule has 0 aliphatic heterocycles. The molecule has 1 unspecified atom stereocenters. The molecule has 0 spiro atoms. The Labute approximate surface area is 96.1 Å². The summed E-state index contributed by atoms with van der Waals surface area (Å²) < 4.78 is 41.5. The molecule has 0 aromatic rings. The molecular weight excluding hydrogens is 216 g/mol. The van der Waals surface area contributed by atoms with Crippen molar-refractivity contribution in [2.24, 2.45) is 0 Å². The summed E-state index contributed by atoms with van der Waals surface area (Å²) in [7, 11) is 0. The quantitative estimate of drug-likeness (QED) is 0.429. The molecule has 0 saturated carbocycles. The Hall–Kier alpha value is -0.445. The van der Waals surface area contributed by atoms with Crippen molar-refractivity contribution < 1.29 is 17.7 Å². The highest BCUT2D eigenvalue weighted by molar-refractivity contribution is 6.66. The van der Waals surface area contributed by atoms with E-state index in [0.717, 1.165) is 25.7 Å². The van der Waals surface area contributed by atoms with Gasteiger partial charge in [0.05, 0.1) is 6.10 Å². The summed E-state index contributed by atoms with van der Waals surface area (Å²) in [6.45, 7) is 1.58. The van der Waals surface area contributed by atoms with Gasteiger partial charge in [-0.2, -0.15) is 0 Å². The maximum absolute atomic E-state index is 12.1. The summed E-state index contributed by atoms with van der Waals surface area (Å²) in [5, 5.41) is 0. The summed E-state index contributed by atoms with van der Waals surface area (Å²) in [4.78, 5) is 0. The van der Waals surface area contributed by atoms with Crippen LogP contribution in [0, 0.1) is 0 Å². The minimum Gasteiger partial charge on any atom is -0.445 e. The number of unbranched alkanes of at least 4 members (excludes halogenated alkanes) is 3. The topological polar surface area (TPSA) is 9.23 Å². The largest absolute Gasteiger partial charge is 0.507 e. The zero-order valence-electron chi connectivity index (χ0n) is 10.1. The first kappa shape index (κ1) is 15.6. The molecule has 0 aliphatic carbocycles. The summed E-state index contributed by atoms with van der Waals surface area (Å²) in [6, 6.07) is 0. The second-order valence-corrected chi connectivity index (χ2v) is 4.20. The number of hydrogen-bond donors (Lipinski definition) is 0. The molecular formula is C11H21BF3O-. The molecule has 96 valence electrons. The predicted molar refractivity (Wildman–Crippen MR) is 62.4 cm³/mol. The van der Waals surface area contributed by atoms with E-state index in [1.807, 2.05) is 6.92 Å². The Bertz CT molecular complexity index is 204. The molecule has 0 heterocycles. The van der Waals surface area contributed by atoms with Gasteiger partial charge in [0.2, 0.25) is 0 Å². The lowest BCUT2D eigenvalue weighted by molar-refractivity contribution is 0.0761. The summed E-state index contributed by atoms with van der Waals surface area (Å²) >= 11 is 0. The third kappa shape index (κ3) is 7.80. The van der Waals surface area contributed by atoms with Crippen LogP contribution in [0.2, 0.25) is 0 Å². The van der Waals surface area contributed by atoms with Crippen molar-refractivity contribution in [3.63, 3.8) is 0 Å². The predicted octanol–water partition coefficient (Wildman–Crippen LogP) is 4.30. The molecule has 0 rings (SSSR count). The van der Waals surface area contributed by atoms with E-state index in [2.05, 4.69) is 13.5 Å². The van der Waals surface area contributed by atoms with E-state index < -0.39 is 19.1 Å². The van der Waals surface area contributed by atoms with Crippen molar-refractivity contribution in [1.29, 1.82) is 0 Å². The molecule has 1 atom stereocenters. The highest BCUT2D eigenvalue weighted by Gasteiger charge is 2.26. The van der Waals surface area contributed by atoms with Gasteiger partial charge in [0.1, 0.15) is 0 Å². The molecule has 0 N–H and O–H groups in total. The fourth-order valence-electron chi connectivity index (χ4n) is 1.29. The Morgan fingerprint density at radius 2 is 1.88 bits per heavy atom. The molecule has 0 amide bonds. The van der Waals surface area contributed by atoms with Gasteiger partial charge in [-0.05, 0) is 13.3 Å². The zero-order chi connectivity index (χ0) is 12.6. The third-order valence-corrected chi connectivity index (χ3v) is 2.48. The van der Waals surface area contributed by atoms with Crippen molar-refractivity contribution in [3.05, 3.63) is 12.1 Å². The minimum absolute atomic E-state index is 0.119. The molecule has 0 aromatic carbocycles. The van der Waals surface area contributed by atoms with Crippen molar-refractivity contribution >= 4 is 6.98 Å². The molecule has 0 fully saturated rings. The second kappa shape index (κ2) is 7.77. The highest BCUT2D eigenvalue weighted by Crippen LogP contribution is 2.19. The van der Waals surface area contributed by atoms with Gasteiger partial charge in [-0.1, -0.05) is 32.6 Å². The standard InChI is InChI=1S/C11H21BF3O/c1-4-5-6-7-8-11(3)16-9-10(2)12(13,14)15/h11H,2,4-9H2,1,3H3/q-1. The van der Waals surface area contributed by atoms with Crippen LogP contribution in [0.3, 0.4) is 0 Å². The minimum atomic E-state index is -4.94. The average molecular weight is 237 g/mol. The van der Waals surface area contributed by atoms with Crippen LogP contribution >= 0.6 is 0 Å². The van der Waals surface area contributed by atoms with Gasteiger partial charge in [0, 0.05) is 6.61 Å². The van der Waals surface area contributed by atoms with E-state index in [0.29, 0.717) is 0 Å². The maximum atomic E-state index is 12.1. The van der Waals surface area contributed by atoms with Crippen LogP contribution < -0.4 is 0 Å². The summed E-state index contributed by atoms with van der Waals surface area (Å²) in [6.07, 6.45) is 5.16. The first-order chi connectivity index (χ1) is 7.38. The number of hydrogen-bond acceptors (Lipinski definition) is 1. The lowest BCUT2D eigenvalue weighted by atomic mass is 9.81. The van der Waals surface area contributed by atoms with Crippen LogP contribution in [0.5, 0.6) is 0 Å². The Kier molecular flexibility index (Phi) is 7.55. The van der Waals surface area contributed by atoms with Crippen molar-refractivity contribution in [2.75, 3.05) is 6.61 Å². The van der Waals surface area contributed by atoms with Gasteiger partial charge in [-0.25, -0.2) is 0 Å². The van der Waals surface area contributed by atoms with E-state index in [4.69, 9.17) is 4.74 Å². The third-order valence-electron chi connectivity index (χ3n) is 2.48. The van der Waals surface area contributed by atoms with Gasteiger partial charge in [-0.3, -0.25) is 0 Å². The normalized spacial score (nSPS) is 13.8. The van der Waals surface area contributed by atoms with Crippen LogP contribution in [0.4, 0.5) is 12.9 Å². The SMILES string of the molecule is C=C(COC(C)CCCCCC)[B-](F)(F)F. The highest BCUT2D eigenvalue weighted by atomic mass is 19.4. The van der Waals surface area contributed by atoms with Gasteiger partial charge >= 0.3 is 6.98 Å².